The number of benzene rings is 2. The van der Waals surface area contributed by atoms with Crippen LogP contribution < -0.4 is 10.6 Å². The zero-order chi connectivity index (χ0) is 15.9. The van der Waals surface area contributed by atoms with Gasteiger partial charge in [0.2, 0.25) is 5.91 Å². The van der Waals surface area contributed by atoms with E-state index in [0.29, 0.717) is 23.0 Å². The highest BCUT2D eigenvalue weighted by molar-refractivity contribution is 6.35. The van der Waals surface area contributed by atoms with E-state index in [4.69, 9.17) is 23.2 Å². The number of carbonyl (C=O) groups is 1. The molecule has 116 valence electrons. The largest absolute Gasteiger partial charge is 0.383 e. The molecule has 0 bridgehead atoms. The molecule has 2 rings (SSSR count). The number of amides is 1. The van der Waals surface area contributed by atoms with Crippen molar-refractivity contribution in [2.75, 3.05) is 11.9 Å². The first-order valence-corrected chi connectivity index (χ1v) is 7.85. The lowest BCUT2D eigenvalue weighted by molar-refractivity contribution is -0.121. The summed E-state index contributed by atoms with van der Waals surface area (Å²) in [5.41, 5.74) is 1.82. The van der Waals surface area contributed by atoms with Gasteiger partial charge in [0.25, 0.3) is 0 Å². The third kappa shape index (κ3) is 4.93. The topological polar surface area (TPSA) is 41.1 Å². The highest BCUT2D eigenvalue weighted by Crippen LogP contribution is 2.25. The van der Waals surface area contributed by atoms with E-state index in [1.54, 1.807) is 18.2 Å². The van der Waals surface area contributed by atoms with Crippen molar-refractivity contribution in [1.29, 1.82) is 0 Å². The molecule has 0 fully saturated rings. The summed E-state index contributed by atoms with van der Waals surface area (Å²) in [6.45, 7) is 2.46. The molecule has 0 aromatic heterocycles. The molecule has 0 spiro atoms. The first kappa shape index (κ1) is 16.7. The summed E-state index contributed by atoms with van der Waals surface area (Å²) in [6, 6.07) is 15.0. The van der Waals surface area contributed by atoms with Gasteiger partial charge in [0, 0.05) is 18.0 Å². The highest BCUT2D eigenvalue weighted by atomic mass is 35.5. The fraction of sp³-hybridized carbons (Fsp3) is 0.235. The molecule has 1 atom stereocenters. The van der Waals surface area contributed by atoms with Crippen molar-refractivity contribution < 1.29 is 4.79 Å². The minimum Gasteiger partial charge on any atom is -0.383 e. The number of rotatable bonds is 6. The van der Waals surface area contributed by atoms with Crippen molar-refractivity contribution in [3.8, 4) is 0 Å². The Labute approximate surface area is 140 Å². The Morgan fingerprint density at radius 2 is 1.86 bits per heavy atom. The molecule has 1 unspecified atom stereocenters. The smallest absolute Gasteiger partial charge is 0.222 e. The number of hydrogen-bond donors (Lipinski definition) is 2. The lowest BCUT2D eigenvalue weighted by atomic mass is 10.1. The van der Waals surface area contributed by atoms with Crippen LogP contribution in [-0.4, -0.2) is 12.5 Å². The maximum absolute atomic E-state index is 12.0. The van der Waals surface area contributed by atoms with Gasteiger partial charge in [-0.15, -0.1) is 0 Å². The molecule has 2 N–H and O–H groups in total. The normalized spacial score (nSPS) is 11.8. The Hall–Kier alpha value is -1.71. The predicted molar refractivity (Wildman–Crippen MR) is 92.6 cm³/mol. The Morgan fingerprint density at radius 3 is 2.59 bits per heavy atom. The number of anilines is 1. The number of nitrogens with one attached hydrogen (secondary N) is 2. The molecule has 2 aromatic rings. The van der Waals surface area contributed by atoms with Gasteiger partial charge < -0.3 is 10.6 Å². The average molecular weight is 337 g/mol. The van der Waals surface area contributed by atoms with Gasteiger partial charge in [-0.3, -0.25) is 4.79 Å². The Bertz CT molecular complexity index is 632. The van der Waals surface area contributed by atoms with Gasteiger partial charge in [-0.05, 0) is 30.7 Å². The quantitative estimate of drug-likeness (QED) is 0.804. The van der Waals surface area contributed by atoms with Gasteiger partial charge >= 0.3 is 0 Å². The zero-order valence-corrected chi connectivity index (χ0v) is 13.8. The van der Waals surface area contributed by atoms with E-state index < -0.39 is 0 Å². The van der Waals surface area contributed by atoms with Crippen molar-refractivity contribution in [3.63, 3.8) is 0 Å². The summed E-state index contributed by atoms with van der Waals surface area (Å²) in [6.07, 6.45) is 0.361. The lowest BCUT2D eigenvalue weighted by Crippen LogP contribution is -2.28. The lowest BCUT2D eigenvalue weighted by Gasteiger charge is -2.15. The van der Waals surface area contributed by atoms with Crippen LogP contribution in [0, 0.1) is 0 Å². The Balaban J connectivity index is 1.79. The molecule has 1 amide bonds. The highest BCUT2D eigenvalue weighted by Gasteiger charge is 2.09. The summed E-state index contributed by atoms with van der Waals surface area (Å²) in [5.74, 6) is -0.0120. The van der Waals surface area contributed by atoms with Crippen molar-refractivity contribution in [3.05, 3.63) is 64.1 Å². The van der Waals surface area contributed by atoms with Gasteiger partial charge in [0.05, 0.1) is 16.8 Å². The number of hydrogen-bond acceptors (Lipinski definition) is 2. The van der Waals surface area contributed by atoms with E-state index in [9.17, 15) is 4.79 Å². The molecule has 0 aliphatic heterocycles. The maximum Gasteiger partial charge on any atom is 0.222 e. The van der Waals surface area contributed by atoms with Crippen LogP contribution in [-0.2, 0) is 4.79 Å². The molecule has 2 aromatic carbocycles. The Kier molecular flexibility index (Phi) is 6.10. The summed E-state index contributed by atoms with van der Waals surface area (Å²) >= 11 is 12.0. The van der Waals surface area contributed by atoms with E-state index in [1.807, 2.05) is 37.3 Å². The summed E-state index contributed by atoms with van der Waals surface area (Å²) in [5, 5.41) is 7.28. The summed E-state index contributed by atoms with van der Waals surface area (Å²) in [4.78, 5) is 12.0. The first-order valence-electron chi connectivity index (χ1n) is 7.09. The van der Waals surface area contributed by atoms with Crippen molar-refractivity contribution in [2.24, 2.45) is 0 Å². The third-order valence-corrected chi connectivity index (χ3v) is 3.84. The second-order valence-corrected chi connectivity index (χ2v) is 5.84. The molecule has 0 heterocycles. The van der Waals surface area contributed by atoms with Crippen LogP contribution >= 0.6 is 23.2 Å². The zero-order valence-electron chi connectivity index (χ0n) is 12.3. The van der Waals surface area contributed by atoms with Crippen LogP contribution in [0.3, 0.4) is 0 Å². The van der Waals surface area contributed by atoms with E-state index in [2.05, 4.69) is 10.6 Å². The van der Waals surface area contributed by atoms with Crippen LogP contribution in [0.4, 0.5) is 5.69 Å². The van der Waals surface area contributed by atoms with Crippen LogP contribution in [0.2, 0.25) is 10.0 Å². The minimum atomic E-state index is -0.0120. The molecule has 0 aliphatic carbocycles. The van der Waals surface area contributed by atoms with Gasteiger partial charge in [-0.2, -0.15) is 0 Å². The third-order valence-electron chi connectivity index (χ3n) is 3.27. The van der Waals surface area contributed by atoms with Gasteiger partial charge in [-0.1, -0.05) is 53.5 Å². The number of halogens is 2. The monoisotopic (exact) mass is 336 g/mol. The van der Waals surface area contributed by atoms with Gasteiger partial charge in [-0.25, -0.2) is 0 Å². The molecule has 22 heavy (non-hydrogen) atoms. The second-order valence-electron chi connectivity index (χ2n) is 5.00. The van der Waals surface area contributed by atoms with Gasteiger partial charge in [0.15, 0.2) is 0 Å². The second kappa shape index (κ2) is 8.06. The predicted octanol–water partition coefficient (Wildman–Crippen LogP) is 4.67. The molecule has 0 aliphatic rings. The molecule has 0 radical (unpaired) electrons. The van der Waals surface area contributed by atoms with E-state index in [-0.39, 0.29) is 11.9 Å². The van der Waals surface area contributed by atoms with Gasteiger partial charge in [0.1, 0.15) is 0 Å². The van der Waals surface area contributed by atoms with E-state index >= 15 is 0 Å². The van der Waals surface area contributed by atoms with E-state index in [0.717, 1.165) is 11.3 Å². The molecule has 3 nitrogen and oxygen atoms in total. The van der Waals surface area contributed by atoms with E-state index in [1.165, 1.54) is 0 Å². The average Bonchev–Trinajstić information content (AvgIpc) is 2.51. The van der Waals surface area contributed by atoms with Crippen molar-refractivity contribution >= 4 is 34.8 Å². The fourth-order valence-electron chi connectivity index (χ4n) is 2.08. The van der Waals surface area contributed by atoms with Crippen molar-refractivity contribution in [2.45, 2.75) is 19.4 Å². The van der Waals surface area contributed by atoms with Crippen LogP contribution in [0.15, 0.2) is 48.5 Å². The molecule has 5 heteroatoms. The summed E-state index contributed by atoms with van der Waals surface area (Å²) in [7, 11) is 0. The van der Waals surface area contributed by atoms with Crippen LogP contribution in [0.5, 0.6) is 0 Å². The standard InChI is InChI=1S/C17H18Cl2N2O/c1-12(13-5-3-2-4-6-13)21-17(22)9-10-20-16-11-14(18)7-8-15(16)19/h2-8,11-12,20H,9-10H2,1H3,(H,21,22). The Morgan fingerprint density at radius 1 is 1.14 bits per heavy atom. The molecule has 0 saturated heterocycles. The number of carbonyl (C=O) groups excluding carboxylic acids is 1. The summed E-state index contributed by atoms with van der Waals surface area (Å²) < 4.78 is 0. The van der Waals surface area contributed by atoms with Crippen LogP contribution in [0.1, 0.15) is 24.9 Å². The SMILES string of the molecule is CC(NC(=O)CCNc1cc(Cl)ccc1Cl)c1ccccc1. The molecule has 0 saturated carbocycles. The van der Waals surface area contributed by atoms with Crippen molar-refractivity contribution in [1.82, 2.24) is 5.32 Å². The first-order chi connectivity index (χ1) is 10.6. The molecular formula is C17H18Cl2N2O. The fourth-order valence-corrected chi connectivity index (χ4v) is 2.44. The maximum atomic E-state index is 12.0. The van der Waals surface area contributed by atoms with Crippen LogP contribution in [0.25, 0.3) is 0 Å². The minimum absolute atomic E-state index is 0.0107. The molecular weight excluding hydrogens is 319 g/mol.